The van der Waals surface area contributed by atoms with E-state index in [1.165, 1.54) is 6.20 Å². The van der Waals surface area contributed by atoms with Crippen LogP contribution in [-0.2, 0) is 4.79 Å². The molecule has 0 unspecified atom stereocenters. The zero-order chi connectivity index (χ0) is 9.84. The van der Waals surface area contributed by atoms with Crippen LogP contribution >= 0.6 is 0 Å². The molecule has 0 aliphatic carbocycles. The van der Waals surface area contributed by atoms with Crippen molar-refractivity contribution in [3.63, 3.8) is 0 Å². The second kappa shape index (κ2) is 3.70. The lowest BCUT2D eigenvalue weighted by Crippen LogP contribution is -2.29. The summed E-state index contributed by atoms with van der Waals surface area (Å²) in [7, 11) is 0. The number of aryl methyl sites for hydroxylation is 1. The number of amides is 1. The maximum atomic E-state index is 11.1. The predicted molar refractivity (Wildman–Crippen MR) is 41.2 cm³/mol. The van der Waals surface area contributed by atoms with E-state index < -0.39 is 18.4 Å². The first-order chi connectivity index (χ1) is 6.11. The van der Waals surface area contributed by atoms with Crippen LogP contribution in [0.2, 0.25) is 0 Å². The largest absolute Gasteiger partial charge is 0.480 e. The predicted octanol–water partition coefficient (Wildman–Crippen LogP) is -0.203. The van der Waals surface area contributed by atoms with Crippen molar-refractivity contribution in [1.29, 1.82) is 0 Å². The van der Waals surface area contributed by atoms with Gasteiger partial charge >= 0.3 is 5.97 Å². The molecule has 1 aromatic heterocycles. The van der Waals surface area contributed by atoms with Crippen molar-refractivity contribution in [2.45, 2.75) is 6.92 Å². The number of hydrogen-bond donors (Lipinski definition) is 2. The van der Waals surface area contributed by atoms with Gasteiger partial charge in [0.15, 0.2) is 0 Å². The molecule has 0 fully saturated rings. The minimum Gasteiger partial charge on any atom is -0.480 e. The minimum absolute atomic E-state index is 0.0428. The zero-order valence-corrected chi connectivity index (χ0v) is 6.90. The number of nitrogens with one attached hydrogen (secondary N) is 1. The number of carbonyl (C=O) groups excluding carboxylic acids is 1. The van der Waals surface area contributed by atoms with E-state index in [2.05, 4.69) is 15.0 Å². The van der Waals surface area contributed by atoms with Gasteiger partial charge in [-0.05, 0) is 6.92 Å². The van der Waals surface area contributed by atoms with Gasteiger partial charge in [-0.15, -0.1) is 0 Å². The molecule has 1 heterocycles. The second-order valence-corrected chi connectivity index (χ2v) is 2.41. The summed E-state index contributed by atoms with van der Waals surface area (Å²) in [5, 5.41) is 13.8. The molecule has 0 bridgehead atoms. The SMILES string of the molecule is Cc1cnoc1C(=O)NCC(=O)O. The lowest BCUT2D eigenvalue weighted by molar-refractivity contribution is -0.135. The number of carbonyl (C=O) groups is 2. The highest BCUT2D eigenvalue weighted by Crippen LogP contribution is 2.04. The maximum absolute atomic E-state index is 11.1. The van der Waals surface area contributed by atoms with Crippen LogP contribution in [-0.4, -0.2) is 28.7 Å². The monoisotopic (exact) mass is 184 g/mol. The quantitative estimate of drug-likeness (QED) is 0.678. The number of carboxylic acid groups (broad SMARTS) is 1. The Balaban J connectivity index is 2.59. The van der Waals surface area contributed by atoms with Crippen molar-refractivity contribution in [3.05, 3.63) is 17.5 Å². The molecule has 0 saturated carbocycles. The Hall–Kier alpha value is -1.85. The molecule has 0 spiro atoms. The highest BCUT2D eigenvalue weighted by molar-refractivity contribution is 5.94. The topological polar surface area (TPSA) is 92.4 Å². The maximum Gasteiger partial charge on any atom is 0.322 e. The molecular formula is C7H8N2O4. The van der Waals surface area contributed by atoms with Crippen LogP contribution in [0.15, 0.2) is 10.7 Å². The number of rotatable bonds is 3. The average Bonchev–Trinajstić information content (AvgIpc) is 2.47. The molecular weight excluding hydrogens is 176 g/mol. The van der Waals surface area contributed by atoms with Crippen molar-refractivity contribution < 1.29 is 19.2 Å². The van der Waals surface area contributed by atoms with Gasteiger partial charge in [0.2, 0.25) is 5.76 Å². The molecule has 70 valence electrons. The van der Waals surface area contributed by atoms with E-state index in [9.17, 15) is 9.59 Å². The van der Waals surface area contributed by atoms with Crippen molar-refractivity contribution in [1.82, 2.24) is 10.5 Å². The van der Waals surface area contributed by atoms with Crippen molar-refractivity contribution in [3.8, 4) is 0 Å². The van der Waals surface area contributed by atoms with E-state index in [-0.39, 0.29) is 5.76 Å². The molecule has 1 rings (SSSR count). The van der Waals surface area contributed by atoms with Gasteiger partial charge in [-0.2, -0.15) is 0 Å². The molecule has 0 aliphatic heterocycles. The second-order valence-electron chi connectivity index (χ2n) is 2.41. The third kappa shape index (κ3) is 2.29. The molecule has 0 saturated heterocycles. The third-order valence-corrected chi connectivity index (χ3v) is 1.35. The van der Waals surface area contributed by atoms with E-state index >= 15 is 0 Å². The summed E-state index contributed by atoms with van der Waals surface area (Å²) in [4.78, 5) is 21.2. The first kappa shape index (κ1) is 9.24. The molecule has 0 aliphatic rings. The van der Waals surface area contributed by atoms with Gasteiger partial charge in [-0.3, -0.25) is 9.59 Å². The summed E-state index contributed by atoms with van der Waals surface area (Å²) in [6, 6.07) is 0. The zero-order valence-electron chi connectivity index (χ0n) is 6.90. The summed E-state index contributed by atoms with van der Waals surface area (Å²) in [5.74, 6) is -1.64. The van der Waals surface area contributed by atoms with Gasteiger partial charge in [0.25, 0.3) is 5.91 Å². The standard InChI is InChI=1S/C7H8N2O4/c1-4-2-9-13-6(4)7(12)8-3-5(10)11/h2H,3H2,1H3,(H,8,12)(H,10,11). The molecule has 0 radical (unpaired) electrons. The van der Waals surface area contributed by atoms with Gasteiger partial charge in [0.05, 0.1) is 6.20 Å². The Kier molecular flexibility index (Phi) is 2.63. The fourth-order valence-corrected chi connectivity index (χ4v) is 0.745. The number of hydrogen-bond acceptors (Lipinski definition) is 4. The highest BCUT2D eigenvalue weighted by atomic mass is 16.5. The van der Waals surface area contributed by atoms with Crippen molar-refractivity contribution in [2.24, 2.45) is 0 Å². The summed E-state index contributed by atoms with van der Waals surface area (Å²) in [6.07, 6.45) is 1.38. The fourth-order valence-electron chi connectivity index (χ4n) is 0.745. The Bertz CT molecular complexity index is 331. The number of aliphatic carboxylic acids is 1. The molecule has 1 aromatic rings. The Morgan fingerprint density at radius 3 is 2.85 bits per heavy atom. The van der Waals surface area contributed by atoms with E-state index in [4.69, 9.17) is 5.11 Å². The fraction of sp³-hybridized carbons (Fsp3) is 0.286. The minimum atomic E-state index is -1.11. The smallest absolute Gasteiger partial charge is 0.322 e. The van der Waals surface area contributed by atoms with Crippen LogP contribution < -0.4 is 5.32 Å². The molecule has 2 N–H and O–H groups in total. The third-order valence-electron chi connectivity index (χ3n) is 1.35. The molecule has 13 heavy (non-hydrogen) atoms. The molecule has 6 heteroatoms. The highest BCUT2D eigenvalue weighted by Gasteiger charge is 2.14. The van der Waals surface area contributed by atoms with E-state index in [0.717, 1.165) is 0 Å². The summed E-state index contributed by atoms with van der Waals surface area (Å²) in [6.45, 7) is 1.21. The van der Waals surface area contributed by atoms with Gasteiger partial charge < -0.3 is 14.9 Å². The first-order valence-electron chi connectivity index (χ1n) is 3.52. The molecule has 0 aromatic carbocycles. The number of carboxylic acids is 1. The van der Waals surface area contributed by atoms with E-state index in [1.807, 2.05) is 0 Å². The van der Waals surface area contributed by atoms with Crippen LogP contribution in [0.25, 0.3) is 0 Å². The van der Waals surface area contributed by atoms with E-state index in [0.29, 0.717) is 5.56 Å². The summed E-state index contributed by atoms with van der Waals surface area (Å²) >= 11 is 0. The van der Waals surface area contributed by atoms with Crippen LogP contribution in [0.3, 0.4) is 0 Å². The Morgan fingerprint density at radius 2 is 2.38 bits per heavy atom. The first-order valence-corrected chi connectivity index (χ1v) is 3.52. The summed E-state index contributed by atoms with van der Waals surface area (Å²) in [5.41, 5.74) is 0.572. The van der Waals surface area contributed by atoms with Crippen LogP contribution in [0.4, 0.5) is 0 Å². The van der Waals surface area contributed by atoms with Crippen molar-refractivity contribution in [2.75, 3.05) is 6.54 Å². The Labute approximate surface area is 73.5 Å². The van der Waals surface area contributed by atoms with Crippen LogP contribution in [0, 0.1) is 6.92 Å². The Morgan fingerprint density at radius 1 is 1.69 bits per heavy atom. The van der Waals surface area contributed by atoms with Gasteiger partial charge in [-0.25, -0.2) is 0 Å². The van der Waals surface area contributed by atoms with Crippen molar-refractivity contribution >= 4 is 11.9 Å². The molecule has 1 amide bonds. The van der Waals surface area contributed by atoms with Gasteiger partial charge in [-0.1, -0.05) is 5.16 Å². The summed E-state index contributed by atoms with van der Waals surface area (Å²) < 4.78 is 4.60. The van der Waals surface area contributed by atoms with Crippen LogP contribution in [0.1, 0.15) is 16.1 Å². The normalized spacial score (nSPS) is 9.62. The number of nitrogens with zero attached hydrogens (tertiary/aromatic N) is 1. The molecule has 6 nitrogen and oxygen atoms in total. The van der Waals surface area contributed by atoms with Gasteiger partial charge in [0.1, 0.15) is 6.54 Å². The van der Waals surface area contributed by atoms with Crippen LogP contribution in [0.5, 0.6) is 0 Å². The number of aromatic nitrogens is 1. The lowest BCUT2D eigenvalue weighted by atomic mass is 10.3. The van der Waals surface area contributed by atoms with Gasteiger partial charge in [0, 0.05) is 5.56 Å². The lowest BCUT2D eigenvalue weighted by Gasteiger charge is -1.97. The molecule has 0 atom stereocenters. The average molecular weight is 184 g/mol. The van der Waals surface area contributed by atoms with E-state index in [1.54, 1.807) is 6.92 Å².